The molecule has 2 aromatic heterocycles. The van der Waals surface area contributed by atoms with E-state index in [2.05, 4.69) is 10.3 Å². The molecule has 11 heteroatoms. The number of nitrogens with one attached hydrogen (secondary N) is 1. The molecule has 1 amide bonds. The van der Waals surface area contributed by atoms with Crippen LogP contribution in [0.2, 0.25) is 4.34 Å². The maximum Gasteiger partial charge on any atom is 0.252 e. The van der Waals surface area contributed by atoms with Crippen LogP contribution in [0.3, 0.4) is 0 Å². The summed E-state index contributed by atoms with van der Waals surface area (Å²) in [6.45, 7) is 2.49. The smallest absolute Gasteiger partial charge is 0.252 e. The second kappa shape index (κ2) is 9.48. The van der Waals surface area contributed by atoms with Gasteiger partial charge in [-0.25, -0.2) is 13.4 Å². The molecule has 1 aromatic carbocycles. The van der Waals surface area contributed by atoms with Crippen LogP contribution in [-0.2, 0) is 14.8 Å². The Morgan fingerprint density at radius 3 is 2.81 bits per heavy atom. The summed E-state index contributed by atoms with van der Waals surface area (Å²) in [6, 6.07) is 8.87. The normalized spacial score (nSPS) is 17.3. The standard InChI is InChI=1S/C21H22ClN3O4S3/c1-13-10-14(5-6-17(13)29-2)16-12-30-21(23-16)24-20(26)15-4-3-9-25(11-15)32(27,28)19-8-7-18(22)31-19/h5-8,10,12,15H,3-4,9,11H2,1-2H3,(H,23,24,26). The first-order chi connectivity index (χ1) is 15.3. The van der Waals surface area contributed by atoms with E-state index in [0.717, 1.165) is 33.9 Å². The number of amides is 1. The summed E-state index contributed by atoms with van der Waals surface area (Å²) in [4.78, 5) is 17.4. The minimum absolute atomic E-state index is 0.138. The molecule has 0 saturated carbocycles. The van der Waals surface area contributed by atoms with Gasteiger partial charge in [0.1, 0.15) is 9.96 Å². The summed E-state index contributed by atoms with van der Waals surface area (Å²) in [7, 11) is -2.03. The molecule has 0 spiro atoms. The molecule has 4 rings (SSSR count). The van der Waals surface area contributed by atoms with E-state index in [0.29, 0.717) is 28.9 Å². The van der Waals surface area contributed by atoms with E-state index in [9.17, 15) is 13.2 Å². The van der Waals surface area contributed by atoms with Gasteiger partial charge in [-0.1, -0.05) is 11.6 Å². The number of carbonyl (C=O) groups excluding carboxylic acids is 1. The van der Waals surface area contributed by atoms with Gasteiger partial charge in [-0.05, 0) is 55.7 Å². The summed E-state index contributed by atoms with van der Waals surface area (Å²) < 4.78 is 33.1. The number of hydrogen-bond donors (Lipinski definition) is 1. The van der Waals surface area contributed by atoms with Crippen LogP contribution >= 0.6 is 34.3 Å². The Balaban J connectivity index is 1.43. The highest BCUT2D eigenvalue weighted by molar-refractivity contribution is 7.91. The lowest BCUT2D eigenvalue weighted by Gasteiger charge is -2.30. The van der Waals surface area contributed by atoms with Crippen molar-refractivity contribution in [3.63, 3.8) is 0 Å². The van der Waals surface area contributed by atoms with E-state index >= 15 is 0 Å². The van der Waals surface area contributed by atoms with Crippen molar-refractivity contribution in [1.82, 2.24) is 9.29 Å². The molecular weight excluding hydrogens is 490 g/mol. The Bertz CT molecular complexity index is 1240. The highest BCUT2D eigenvalue weighted by Crippen LogP contribution is 2.32. The molecule has 1 N–H and O–H groups in total. The SMILES string of the molecule is COc1ccc(-c2csc(NC(=O)C3CCCN(S(=O)(=O)c4ccc(Cl)s4)C3)n2)cc1C. The number of nitrogens with zero attached hydrogens (tertiary/aromatic N) is 2. The van der Waals surface area contributed by atoms with Crippen LogP contribution in [0.25, 0.3) is 11.3 Å². The van der Waals surface area contributed by atoms with Gasteiger partial charge in [0, 0.05) is 24.0 Å². The molecule has 0 aliphatic carbocycles. The van der Waals surface area contributed by atoms with Gasteiger partial charge in [-0.3, -0.25) is 4.79 Å². The maximum atomic E-state index is 12.9. The van der Waals surface area contributed by atoms with E-state index < -0.39 is 15.9 Å². The molecule has 1 unspecified atom stereocenters. The average Bonchev–Trinajstić information content (AvgIpc) is 3.43. The van der Waals surface area contributed by atoms with Crippen LogP contribution in [0.1, 0.15) is 18.4 Å². The molecule has 32 heavy (non-hydrogen) atoms. The van der Waals surface area contributed by atoms with Crippen LogP contribution in [0.5, 0.6) is 5.75 Å². The molecule has 1 fully saturated rings. The first-order valence-electron chi connectivity index (χ1n) is 9.95. The molecule has 1 atom stereocenters. The van der Waals surface area contributed by atoms with Gasteiger partial charge in [-0.15, -0.1) is 22.7 Å². The van der Waals surface area contributed by atoms with Crippen LogP contribution in [0, 0.1) is 12.8 Å². The lowest BCUT2D eigenvalue weighted by atomic mass is 9.99. The van der Waals surface area contributed by atoms with Crippen LogP contribution in [0.15, 0.2) is 39.9 Å². The van der Waals surface area contributed by atoms with E-state index in [1.54, 1.807) is 13.2 Å². The van der Waals surface area contributed by atoms with Crippen molar-refractivity contribution in [2.24, 2.45) is 5.92 Å². The molecule has 1 saturated heterocycles. The number of methoxy groups -OCH3 is 1. The number of sulfonamides is 1. The molecule has 0 bridgehead atoms. The average molecular weight is 512 g/mol. The Kier molecular flexibility index (Phi) is 6.87. The highest BCUT2D eigenvalue weighted by atomic mass is 35.5. The van der Waals surface area contributed by atoms with E-state index in [1.165, 1.54) is 21.7 Å². The fourth-order valence-corrected chi connectivity index (χ4v) is 7.53. The van der Waals surface area contributed by atoms with E-state index in [1.807, 2.05) is 30.5 Å². The molecule has 1 aliphatic heterocycles. The summed E-state index contributed by atoms with van der Waals surface area (Å²) in [5.41, 5.74) is 2.70. The predicted molar refractivity (Wildman–Crippen MR) is 128 cm³/mol. The third-order valence-corrected chi connectivity index (χ3v) is 9.64. The third-order valence-electron chi connectivity index (χ3n) is 5.32. The Labute approximate surface area is 200 Å². The lowest BCUT2D eigenvalue weighted by Crippen LogP contribution is -2.43. The number of anilines is 1. The van der Waals surface area contributed by atoms with Crippen molar-refractivity contribution in [2.75, 3.05) is 25.5 Å². The lowest BCUT2D eigenvalue weighted by molar-refractivity contribution is -0.120. The van der Waals surface area contributed by atoms with Gasteiger partial charge < -0.3 is 10.1 Å². The molecule has 0 radical (unpaired) electrons. The molecular formula is C21H22ClN3O4S3. The fraction of sp³-hybridized carbons (Fsp3) is 0.333. The van der Waals surface area contributed by atoms with Gasteiger partial charge >= 0.3 is 0 Å². The van der Waals surface area contributed by atoms with E-state index in [-0.39, 0.29) is 16.7 Å². The molecule has 3 aromatic rings. The van der Waals surface area contributed by atoms with Crippen LogP contribution in [0.4, 0.5) is 5.13 Å². The molecule has 7 nitrogen and oxygen atoms in total. The second-order valence-corrected chi connectivity index (χ2v) is 12.2. The topological polar surface area (TPSA) is 88.6 Å². The van der Waals surface area contributed by atoms with Gasteiger partial charge in [0.25, 0.3) is 10.0 Å². The number of aryl methyl sites for hydroxylation is 1. The van der Waals surface area contributed by atoms with Gasteiger partial charge in [0.05, 0.1) is 23.1 Å². The minimum Gasteiger partial charge on any atom is -0.496 e. The van der Waals surface area contributed by atoms with Crippen molar-refractivity contribution in [3.8, 4) is 17.0 Å². The highest BCUT2D eigenvalue weighted by Gasteiger charge is 2.34. The van der Waals surface area contributed by atoms with Gasteiger partial charge in [-0.2, -0.15) is 4.31 Å². The Morgan fingerprint density at radius 1 is 1.31 bits per heavy atom. The predicted octanol–water partition coefficient (Wildman–Crippen LogP) is 4.88. The molecule has 3 heterocycles. The summed E-state index contributed by atoms with van der Waals surface area (Å²) in [5, 5.41) is 5.23. The zero-order valence-corrected chi connectivity index (χ0v) is 20.7. The Morgan fingerprint density at radius 2 is 2.12 bits per heavy atom. The molecule has 170 valence electrons. The fourth-order valence-electron chi connectivity index (χ4n) is 3.65. The first-order valence-corrected chi connectivity index (χ1v) is 13.5. The largest absolute Gasteiger partial charge is 0.496 e. The van der Waals surface area contributed by atoms with Gasteiger partial charge in [0.15, 0.2) is 5.13 Å². The van der Waals surface area contributed by atoms with Crippen LogP contribution < -0.4 is 10.1 Å². The number of carbonyl (C=O) groups is 1. The summed E-state index contributed by atoms with van der Waals surface area (Å²) >= 11 is 8.27. The zero-order valence-electron chi connectivity index (χ0n) is 17.5. The third kappa shape index (κ3) is 4.84. The van der Waals surface area contributed by atoms with Crippen molar-refractivity contribution < 1.29 is 17.9 Å². The monoisotopic (exact) mass is 511 g/mol. The number of ether oxygens (including phenoxy) is 1. The zero-order chi connectivity index (χ0) is 22.9. The summed E-state index contributed by atoms with van der Waals surface area (Å²) in [6.07, 6.45) is 1.24. The number of rotatable bonds is 6. The number of halogens is 1. The number of benzene rings is 1. The Hall–Kier alpha value is -1.98. The van der Waals surface area contributed by atoms with Crippen molar-refractivity contribution >= 4 is 55.3 Å². The van der Waals surface area contributed by atoms with Crippen LogP contribution in [-0.4, -0.2) is 43.8 Å². The van der Waals surface area contributed by atoms with E-state index in [4.69, 9.17) is 16.3 Å². The van der Waals surface area contributed by atoms with Crippen molar-refractivity contribution in [2.45, 2.75) is 24.0 Å². The van der Waals surface area contributed by atoms with Gasteiger partial charge in [0.2, 0.25) is 5.91 Å². The number of thiazole rings is 1. The second-order valence-electron chi connectivity index (χ2n) is 7.47. The maximum absolute atomic E-state index is 12.9. The minimum atomic E-state index is -3.66. The number of piperidine rings is 1. The quantitative estimate of drug-likeness (QED) is 0.509. The summed E-state index contributed by atoms with van der Waals surface area (Å²) in [5.74, 6) is 0.143. The number of thiophene rings is 1. The first kappa shape index (κ1) is 23.2. The number of aromatic nitrogens is 1. The number of hydrogen-bond acceptors (Lipinski definition) is 7. The van der Waals surface area contributed by atoms with Crippen molar-refractivity contribution in [1.29, 1.82) is 0 Å². The molecule has 1 aliphatic rings. The van der Waals surface area contributed by atoms with Crippen molar-refractivity contribution in [3.05, 3.63) is 45.6 Å².